The van der Waals surface area contributed by atoms with Gasteiger partial charge < -0.3 is 4.74 Å². The van der Waals surface area contributed by atoms with Gasteiger partial charge in [0.2, 0.25) is 0 Å². The summed E-state index contributed by atoms with van der Waals surface area (Å²) in [6, 6.07) is 29.1. The van der Waals surface area contributed by atoms with E-state index in [4.69, 9.17) is 16.3 Å². The van der Waals surface area contributed by atoms with Crippen molar-refractivity contribution >= 4 is 45.4 Å². The summed E-state index contributed by atoms with van der Waals surface area (Å²) in [6.45, 7) is -0.525. The summed E-state index contributed by atoms with van der Waals surface area (Å²) in [4.78, 5) is 24.9. The van der Waals surface area contributed by atoms with Crippen LogP contribution in [0, 0.1) is 0 Å². The molecule has 0 atom stereocenters. The van der Waals surface area contributed by atoms with E-state index < -0.39 is 28.4 Å². The number of hydrazone groups is 1. The first kappa shape index (κ1) is 26.6. The summed E-state index contributed by atoms with van der Waals surface area (Å²) < 4.78 is 32.9. The molecule has 0 unspecified atom stereocenters. The van der Waals surface area contributed by atoms with Gasteiger partial charge in [0, 0.05) is 5.02 Å². The van der Waals surface area contributed by atoms with Crippen LogP contribution in [0.4, 0.5) is 5.69 Å². The van der Waals surface area contributed by atoms with Crippen LogP contribution in [-0.4, -0.2) is 33.1 Å². The Labute approximate surface area is 225 Å². The van der Waals surface area contributed by atoms with E-state index in [1.807, 2.05) is 0 Å². The topological polar surface area (TPSA) is 105 Å². The number of hydrogen-bond acceptors (Lipinski definition) is 6. The van der Waals surface area contributed by atoms with Crippen molar-refractivity contribution in [1.82, 2.24) is 5.43 Å². The van der Waals surface area contributed by atoms with Crippen molar-refractivity contribution < 1.29 is 22.7 Å². The van der Waals surface area contributed by atoms with Gasteiger partial charge in [0.05, 0.1) is 22.4 Å². The average molecular weight is 548 g/mol. The molecule has 0 radical (unpaired) electrons. The molecule has 8 nitrogen and oxygen atoms in total. The molecule has 0 bridgehead atoms. The molecule has 0 heterocycles. The number of rotatable bonds is 9. The predicted molar refractivity (Wildman–Crippen MR) is 146 cm³/mol. The second-order valence-electron chi connectivity index (χ2n) is 7.92. The molecule has 0 spiro atoms. The molecule has 0 aliphatic heterocycles. The number of nitrogens with zero attached hydrogens (tertiary/aromatic N) is 2. The molecule has 0 fully saturated rings. The molecule has 1 amide bonds. The number of sulfonamides is 1. The fraction of sp³-hybridized carbons (Fsp3) is 0.0357. The second kappa shape index (κ2) is 12.2. The van der Waals surface area contributed by atoms with Crippen molar-refractivity contribution in [3.8, 4) is 5.75 Å². The highest BCUT2D eigenvalue weighted by molar-refractivity contribution is 7.92. The molecule has 0 aliphatic rings. The molecule has 0 saturated carbocycles. The lowest BCUT2D eigenvalue weighted by Crippen LogP contribution is -2.39. The molecule has 0 aromatic heterocycles. The maximum atomic E-state index is 13.3. The number of ether oxygens (including phenoxy) is 1. The minimum atomic E-state index is -4.06. The summed E-state index contributed by atoms with van der Waals surface area (Å²) in [6.07, 6.45) is 1.39. The molecular weight excluding hydrogens is 526 g/mol. The third-order valence-corrected chi connectivity index (χ3v) is 7.24. The lowest BCUT2D eigenvalue weighted by molar-refractivity contribution is -0.119. The first-order valence-corrected chi connectivity index (χ1v) is 13.2. The fourth-order valence-electron chi connectivity index (χ4n) is 3.37. The Kier molecular flexibility index (Phi) is 8.52. The Balaban J connectivity index is 1.41. The van der Waals surface area contributed by atoms with Gasteiger partial charge in [0.25, 0.3) is 15.9 Å². The minimum Gasteiger partial charge on any atom is -0.423 e. The first-order chi connectivity index (χ1) is 18.3. The number of carbonyl (C=O) groups excluding carboxylic acids is 2. The number of nitrogens with one attached hydrogen (secondary N) is 1. The first-order valence-electron chi connectivity index (χ1n) is 11.4. The zero-order valence-corrected chi connectivity index (χ0v) is 21.5. The number of amides is 1. The maximum Gasteiger partial charge on any atom is 0.343 e. The molecule has 4 aromatic rings. The molecule has 0 aliphatic carbocycles. The van der Waals surface area contributed by atoms with Crippen molar-refractivity contribution in [2.75, 3.05) is 10.8 Å². The highest BCUT2D eigenvalue weighted by Crippen LogP contribution is 2.26. The van der Waals surface area contributed by atoms with Gasteiger partial charge in [0.15, 0.2) is 0 Å². The predicted octanol–water partition coefficient (Wildman–Crippen LogP) is 4.90. The van der Waals surface area contributed by atoms with Gasteiger partial charge >= 0.3 is 5.97 Å². The van der Waals surface area contributed by atoms with E-state index in [-0.39, 0.29) is 10.6 Å². The lowest BCUT2D eigenvalue weighted by atomic mass is 10.2. The molecule has 38 heavy (non-hydrogen) atoms. The Morgan fingerprint density at radius 1 is 0.868 bits per heavy atom. The van der Waals surface area contributed by atoms with Crippen LogP contribution in [0.5, 0.6) is 5.75 Å². The minimum absolute atomic E-state index is 0.0318. The lowest BCUT2D eigenvalue weighted by Gasteiger charge is -2.23. The Morgan fingerprint density at radius 3 is 2.18 bits per heavy atom. The van der Waals surface area contributed by atoms with Crippen molar-refractivity contribution in [2.24, 2.45) is 5.10 Å². The molecule has 10 heteroatoms. The van der Waals surface area contributed by atoms with Gasteiger partial charge in [-0.15, -0.1) is 0 Å². The van der Waals surface area contributed by atoms with Crippen LogP contribution in [-0.2, 0) is 14.8 Å². The van der Waals surface area contributed by atoms with E-state index in [0.29, 0.717) is 21.9 Å². The van der Waals surface area contributed by atoms with Gasteiger partial charge in [-0.3, -0.25) is 9.10 Å². The van der Waals surface area contributed by atoms with E-state index >= 15 is 0 Å². The zero-order chi connectivity index (χ0) is 27.0. The highest BCUT2D eigenvalue weighted by atomic mass is 35.5. The molecule has 4 rings (SSSR count). The summed E-state index contributed by atoms with van der Waals surface area (Å²) in [7, 11) is -4.06. The van der Waals surface area contributed by atoms with Crippen LogP contribution >= 0.6 is 11.6 Å². The van der Waals surface area contributed by atoms with Crippen LogP contribution in [0.25, 0.3) is 0 Å². The fourth-order valence-corrected chi connectivity index (χ4v) is 4.99. The standard InChI is InChI=1S/C28H22ClN3O5S/c29-23-10-7-11-24(18-23)32(38(35,36)26-12-5-2-6-13-26)20-27(33)31-30-19-21-14-16-25(17-15-21)37-28(34)22-8-3-1-4-9-22/h1-19H,20H2,(H,31,33)/b30-19-. The number of anilines is 1. The van der Waals surface area contributed by atoms with Crippen molar-refractivity contribution in [1.29, 1.82) is 0 Å². The molecule has 4 aromatic carbocycles. The van der Waals surface area contributed by atoms with E-state index in [9.17, 15) is 18.0 Å². The van der Waals surface area contributed by atoms with Crippen LogP contribution in [0.15, 0.2) is 119 Å². The maximum absolute atomic E-state index is 13.3. The van der Waals surface area contributed by atoms with Gasteiger partial charge in [-0.05, 0) is 72.3 Å². The van der Waals surface area contributed by atoms with E-state index in [1.165, 1.54) is 24.4 Å². The van der Waals surface area contributed by atoms with Crippen molar-refractivity contribution in [3.63, 3.8) is 0 Å². The zero-order valence-electron chi connectivity index (χ0n) is 19.9. The second-order valence-corrected chi connectivity index (χ2v) is 10.2. The van der Waals surface area contributed by atoms with E-state index in [2.05, 4.69) is 10.5 Å². The number of carbonyl (C=O) groups is 2. The average Bonchev–Trinajstić information content (AvgIpc) is 2.93. The van der Waals surface area contributed by atoms with Gasteiger partial charge in [-0.1, -0.05) is 54.1 Å². The van der Waals surface area contributed by atoms with Gasteiger partial charge in [-0.2, -0.15) is 5.10 Å². The molecule has 0 saturated heterocycles. The van der Waals surface area contributed by atoms with Crippen molar-refractivity contribution in [3.05, 3.63) is 125 Å². The normalized spacial score (nSPS) is 11.2. The van der Waals surface area contributed by atoms with Crippen LogP contribution in [0.1, 0.15) is 15.9 Å². The van der Waals surface area contributed by atoms with Crippen LogP contribution in [0.2, 0.25) is 5.02 Å². The molecule has 1 N–H and O–H groups in total. The Bertz CT molecular complexity index is 1540. The highest BCUT2D eigenvalue weighted by Gasteiger charge is 2.27. The van der Waals surface area contributed by atoms with Crippen molar-refractivity contribution in [2.45, 2.75) is 4.90 Å². The third-order valence-electron chi connectivity index (χ3n) is 5.22. The summed E-state index contributed by atoms with van der Waals surface area (Å²) >= 11 is 6.07. The Hall–Kier alpha value is -4.47. The smallest absolute Gasteiger partial charge is 0.343 e. The summed E-state index contributed by atoms with van der Waals surface area (Å²) in [5.41, 5.74) is 3.63. The quantitative estimate of drug-likeness (QED) is 0.139. The third kappa shape index (κ3) is 6.84. The number of halogens is 1. The largest absolute Gasteiger partial charge is 0.423 e. The molecular formula is C28H22ClN3O5S. The molecule has 192 valence electrons. The number of benzene rings is 4. The number of esters is 1. The van der Waals surface area contributed by atoms with Gasteiger partial charge in [-0.25, -0.2) is 18.6 Å². The van der Waals surface area contributed by atoms with Gasteiger partial charge in [0.1, 0.15) is 12.3 Å². The Morgan fingerprint density at radius 2 is 1.53 bits per heavy atom. The summed E-state index contributed by atoms with van der Waals surface area (Å²) in [5.74, 6) is -0.786. The number of hydrogen-bond donors (Lipinski definition) is 1. The van der Waals surface area contributed by atoms with Crippen LogP contribution in [0.3, 0.4) is 0 Å². The van der Waals surface area contributed by atoms with Crippen LogP contribution < -0.4 is 14.5 Å². The SMILES string of the molecule is O=C(CN(c1cccc(Cl)c1)S(=O)(=O)c1ccccc1)N/N=C\c1ccc(OC(=O)c2ccccc2)cc1. The van der Waals surface area contributed by atoms with E-state index in [0.717, 1.165) is 4.31 Å². The monoisotopic (exact) mass is 547 g/mol. The van der Waals surface area contributed by atoms with E-state index in [1.54, 1.807) is 91.0 Å². The summed E-state index contributed by atoms with van der Waals surface area (Å²) in [5, 5.41) is 4.24.